The summed E-state index contributed by atoms with van der Waals surface area (Å²) in [6.45, 7) is 2.68. The molecule has 3 N–H and O–H groups in total. The Kier molecular flexibility index (Phi) is 3.12. The number of hydrogen-bond donors (Lipinski definition) is 2. The Balaban J connectivity index is 2.44. The number of hydrogen-bond acceptors (Lipinski definition) is 3. The van der Waals surface area contributed by atoms with E-state index in [0.717, 1.165) is 25.9 Å². The Labute approximate surface area is 73.2 Å². The molecular formula is C9H17NO2. The molecule has 0 amide bonds. The van der Waals surface area contributed by atoms with Gasteiger partial charge in [0.25, 0.3) is 0 Å². The number of nitrogens with two attached hydrogens (primary N) is 1. The van der Waals surface area contributed by atoms with Crippen LogP contribution in [0.4, 0.5) is 0 Å². The molecule has 1 aliphatic heterocycles. The highest BCUT2D eigenvalue weighted by molar-refractivity contribution is 5.06. The molecule has 0 aliphatic carbocycles. The smallest absolute Gasteiger partial charge is 0.0876 e. The Bertz CT molecular complexity index is 175. The lowest BCUT2D eigenvalue weighted by molar-refractivity contribution is 0.192. The largest absolute Gasteiger partial charge is 0.501 e. The van der Waals surface area contributed by atoms with Crippen LogP contribution in [0.25, 0.3) is 0 Å². The van der Waals surface area contributed by atoms with E-state index >= 15 is 0 Å². The molecule has 1 atom stereocenters. The predicted molar refractivity (Wildman–Crippen MR) is 47.6 cm³/mol. The van der Waals surface area contributed by atoms with E-state index < -0.39 is 5.54 Å². The van der Waals surface area contributed by atoms with Crippen LogP contribution >= 0.6 is 0 Å². The third kappa shape index (κ3) is 2.83. The minimum absolute atomic E-state index is 0.0182. The Morgan fingerprint density at radius 3 is 3.00 bits per heavy atom. The first-order valence-corrected chi connectivity index (χ1v) is 4.33. The van der Waals surface area contributed by atoms with Crippen LogP contribution in [-0.4, -0.2) is 23.9 Å². The molecule has 1 unspecified atom stereocenters. The van der Waals surface area contributed by atoms with Gasteiger partial charge in [-0.05, 0) is 31.8 Å². The molecule has 0 saturated heterocycles. The van der Waals surface area contributed by atoms with Crippen molar-refractivity contribution in [2.24, 2.45) is 5.73 Å². The van der Waals surface area contributed by atoms with Crippen LogP contribution in [0.2, 0.25) is 0 Å². The molecule has 0 spiro atoms. The van der Waals surface area contributed by atoms with E-state index in [0.29, 0.717) is 0 Å². The summed E-state index contributed by atoms with van der Waals surface area (Å²) < 4.78 is 5.17. The van der Waals surface area contributed by atoms with Gasteiger partial charge in [-0.25, -0.2) is 0 Å². The van der Waals surface area contributed by atoms with Crippen molar-refractivity contribution in [2.45, 2.75) is 31.7 Å². The lowest BCUT2D eigenvalue weighted by atomic mass is 9.92. The molecule has 0 aromatic rings. The minimum atomic E-state index is -0.494. The summed E-state index contributed by atoms with van der Waals surface area (Å²) in [4.78, 5) is 0. The summed E-state index contributed by atoms with van der Waals surface area (Å²) in [5, 5.41) is 8.93. The van der Waals surface area contributed by atoms with Gasteiger partial charge < -0.3 is 15.6 Å². The molecule has 0 radical (unpaired) electrons. The Hall–Kier alpha value is -0.540. The van der Waals surface area contributed by atoms with Crippen molar-refractivity contribution in [3.63, 3.8) is 0 Å². The fourth-order valence-corrected chi connectivity index (χ4v) is 1.32. The molecule has 0 aromatic carbocycles. The molecule has 0 bridgehead atoms. The maximum Gasteiger partial charge on any atom is 0.0876 e. The zero-order chi connectivity index (χ0) is 9.03. The lowest BCUT2D eigenvalue weighted by Gasteiger charge is -2.24. The van der Waals surface area contributed by atoms with E-state index in [-0.39, 0.29) is 6.61 Å². The van der Waals surface area contributed by atoms with E-state index in [1.54, 1.807) is 6.26 Å². The third-order valence-corrected chi connectivity index (χ3v) is 2.00. The highest BCUT2D eigenvalue weighted by atomic mass is 16.5. The summed E-state index contributed by atoms with van der Waals surface area (Å²) in [6, 6.07) is 0. The maximum absolute atomic E-state index is 8.93. The molecule has 0 saturated carbocycles. The molecule has 3 heteroatoms. The fraction of sp³-hybridized carbons (Fsp3) is 0.778. The molecule has 3 nitrogen and oxygen atoms in total. The van der Waals surface area contributed by atoms with Crippen LogP contribution in [0, 0.1) is 0 Å². The van der Waals surface area contributed by atoms with Gasteiger partial charge in [-0.1, -0.05) is 0 Å². The zero-order valence-corrected chi connectivity index (χ0v) is 7.55. The van der Waals surface area contributed by atoms with E-state index in [4.69, 9.17) is 15.6 Å². The first kappa shape index (κ1) is 9.55. The van der Waals surface area contributed by atoms with Crippen molar-refractivity contribution in [1.29, 1.82) is 0 Å². The Morgan fingerprint density at radius 2 is 2.50 bits per heavy atom. The van der Waals surface area contributed by atoms with Crippen LogP contribution < -0.4 is 5.73 Å². The standard InChI is InChI=1S/C9H17NO2/c1-9(10,7-11)5-8-3-2-4-12-6-8/h6,11H,2-5,7,10H2,1H3. The lowest BCUT2D eigenvalue weighted by Crippen LogP contribution is -2.40. The summed E-state index contributed by atoms with van der Waals surface area (Å²) in [5.74, 6) is 0. The third-order valence-electron chi connectivity index (χ3n) is 2.00. The quantitative estimate of drug-likeness (QED) is 0.659. The number of rotatable bonds is 3. The van der Waals surface area contributed by atoms with Crippen LogP contribution in [0.3, 0.4) is 0 Å². The normalized spacial score (nSPS) is 22.4. The van der Waals surface area contributed by atoms with Gasteiger partial charge in [0.15, 0.2) is 0 Å². The molecule has 12 heavy (non-hydrogen) atoms. The second kappa shape index (κ2) is 3.92. The van der Waals surface area contributed by atoms with Crippen molar-refractivity contribution in [3.05, 3.63) is 11.8 Å². The van der Waals surface area contributed by atoms with Crippen molar-refractivity contribution in [3.8, 4) is 0 Å². The first-order valence-electron chi connectivity index (χ1n) is 4.33. The van der Waals surface area contributed by atoms with Gasteiger partial charge in [0.1, 0.15) is 0 Å². The monoisotopic (exact) mass is 171 g/mol. The van der Waals surface area contributed by atoms with Crippen molar-refractivity contribution in [2.75, 3.05) is 13.2 Å². The molecule has 1 heterocycles. The van der Waals surface area contributed by atoms with Crippen molar-refractivity contribution in [1.82, 2.24) is 0 Å². The van der Waals surface area contributed by atoms with Gasteiger partial charge in [-0.3, -0.25) is 0 Å². The zero-order valence-electron chi connectivity index (χ0n) is 7.55. The molecule has 70 valence electrons. The summed E-state index contributed by atoms with van der Waals surface area (Å²) in [5.41, 5.74) is 6.52. The van der Waals surface area contributed by atoms with Crippen molar-refractivity contribution >= 4 is 0 Å². The highest BCUT2D eigenvalue weighted by Gasteiger charge is 2.20. The SMILES string of the molecule is CC(N)(CO)CC1=COCCC1. The van der Waals surface area contributed by atoms with E-state index in [2.05, 4.69) is 0 Å². The van der Waals surface area contributed by atoms with Crippen molar-refractivity contribution < 1.29 is 9.84 Å². The number of aliphatic hydroxyl groups excluding tert-OH is 1. The maximum atomic E-state index is 8.93. The average Bonchev–Trinajstić information content (AvgIpc) is 2.06. The Morgan fingerprint density at radius 1 is 1.75 bits per heavy atom. The topological polar surface area (TPSA) is 55.5 Å². The summed E-state index contributed by atoms with van der Waals surface area (Å²) >= 11 is 0. The van der Waals surface area contributed by atoms with E-state index in [9.17, 15) is 0 Å². The minimum Gasteiger partial charge on any atom is -0.501 e. The van der Waals surface area contributed by atoms with E-state index in [1.165, 1.54) is 5.57 Å². The van der Waals surface area contributed by atoms with Gasteiger partial charge in [-0.2, -0.15) is 0 Å². The second-order valence-corrected chi connectivity index (χ2v) is 3.74. The molecule has 0 aromatic heterocycles. The van der Waals surface area contributed by atoms with Gasteiger partial charge >= 0.3 is 0 Å². The molecule has 1 rings (SSSR count). The van der Waals surface area contributed by atoms with Crippen LogP contribution in [-0.2, 0) is 4.74 Å². The number of aliphatic hydroxyl groups is 1. The van der Waals surface area contributed by atoms with Crippen LogP contribution in [0.15, 0.2) is 11.8 Å². The van der Waals surface area contributed by atoms with Gasteiger partial charge in [0.05, 0.1) is 19.5 Å². The van der Waals surface area contributed by atoms with Crippen LogP contribution in [0.1, 0.15) is 26.2 Å². The predicted octanol–water partition coefficient (Wildman–Crippen LogP) is 0.780. The van der Waals surface area contributed by atoms with Gasteiger partial charge in [0.2, 0.25) is 0 Å². The molecular weight excluding hydrogens is 154 g/mol. The molecule has 1 aliphatic rings. The number of ether oxygens (including phenoxy) is 1. The highest BCUT2D eigenvalue weighted by Crippen LogP contribution is 2.20. The molecule has 0 fully saturated rings. The fourth-order valence-electron chi connectivity index (χ4n) is 1.32. The van der Waals surface area contributed by atoms with Gasteiger partial charge in [0, 0.05) is 5.54 Å². The van der Waals surface area contributed by atoms with Gasteiger partial charge in [-0.15, -0.1) is 0 Å². The summed E-state index contributed by atoms with van der Waals surface area (Å²) in [7, 11) is 0. The first-order chi connectivity index (χ1) is 5.64. The van der Waals surface area contributed by atoms with E-state index in [1.807, 2.05) is 6.92 Å². The summed E-state index contributed by atoms with van der Waals surface area (Å²) in [6.07, 6.45) is 4.62. The average molecular weight is 171 g/mol. The van der Waals surface area contributed by atoms with Crippen LogP contribution in [0.5, 0.6) is 0 Å². The second-order valence-electron chi connectivity index (χ2n) is 3.74.